The Morgan fingerprint density at radius 1 is 1.43 bits per heavy atom. The van der Waals surface area contributed by atoms with Crippen molar-refractivity contribution in [3.63, 3.8) is 0 Å². The summed E-state index contributed by atoms with van der Waals surface area (Å²) in [7, 11) is 0. The van der Waals surface area contributed by atoms with Gasteiger partial charge in [0.1, 0.15) is 11.4 Å². The Morgan fingerprint density at radius 3 is 2.91 bits per heavy atom. The standard InChI is InChI=1S/C18H27FN2O2/c1-18(2,3)23-17(22)21-9-5-7-15(13-21)12-20-11-14-6-4-8-16(19)10-14/h4,6,8,10,15,20H,5,7,9,11-13H2,1-3H3. The Bertz CT molecular complexity index is 528. The molecule has 0 spiro atoms. The van der Waals surface area contributed by atoms with Gasteiger partial charge in [-0.25, -0.2) is 9.18 Å². The van der Waals surface area contributed by atoms with Gasteiger partial charge < -0.3 is 15.0 Å². The van der Waals surface area contributed by atoms with Crippen molar-refractivity contribution in [3.8, 4) is 0 Å². The normalized spacial score (nSPS) is 18.8. The monoisotopic (exact) mass is 322 g/mol. The summed E-state index contributed by atoms with van der Waals surface area (Å²) in [5.41, 5.74) is 0.476. The SMILES string of the molecule is CC(C)(C)OC(=O)N1CCCC(CNCc2cccc(F)c2)C1. The average molecular weight is 322 g/mol. The van der Waals surface area contributed by atoms with Gasteiger partial charge in [0.25, 0.3) is 0 Å². The molecule has 2 rings (SSSR count). The summed E-state index contributed by atoms with van der Waals surface area (Å²) in [5, 5.41) is 3.36. The minimum atomic E-state index is -0.459. The van der Waals surface area contributed by atoms with Crippen LogP contribution < -0.4 is 5.32 Å². The molecule has 1 N–H and O–H groups in total. The van der Waals surface area contributed by atoms with Crippen LogP contribution in [-0.2, 0) is 11.3 Å². The van der Waals surface area contributed by atoms with Gasteiger partial charge in [-0.15, -0.1) is 0 Å². The molecule has 1 aromatic rings. The van der Waals surface area contributed by atoms with E-state index in [4.69, 9.17) is 4.74 Å². The van der Waals surface area contributed by atoms with Crippen molar-refractivity contribution >= 4 is 6.09 Å². The van der Waals surface area contributed by atoms with Gasteiger partial charge in [-0.1, -0.05) is 12.1 Å². The van der Waals surface area contributed by atoms with Gasteiger partial charge in [-0.05, 0) is 63.8 Å². The molecule has 0 aromatic heterocycles. The van der Waals surface area contributed by atoms with Crippen molar-refractivity contribution in [1.82, 2.24) is 10.2 Å². The van der Waals surface area contributed by atoms with Crippen LogP contribution in [0.2, 0.25) is 0 Å². The molecule has 1 saturated heterocycles. The maximum absolute atomic E-state index is 13.1. The van der Waals surface area contributed by atoms with E-state index in [1.165, 1.54) is 6.07 Å². The third-order valence-corrected chi connectivity index (χ3v) is 3.82. The number of carbonyl (C=O) groups excluding carboxylic acids is 1. The molecule has 0 aliphatic carbocycles. The third kappa shape index (κ3) is 6.18. The smallest absolute Gasteiger partial charge is 0.410 e. The highest BCUT2D eigenvalue weighted by Gasteiger charge is 2.27. The second-order valence-electron chi connectivity index (χ2n) is 7.20. The van der Waals surface area contributed by atoms with E-state index >= 15 is 0 Å². The lowest BCUT2D eigenvalue weighted by molar-refractivity contribution is 0.0166. The summed E-state index contributed by atoms with van der Waals surface area (Å²) < 4.78 is 18.6. The molecule has 0 radical (unpaired) electrons. The third-order valence-electron chi connectivity index (χ3n) is 3.82. The predicted molar refractivity (Wildman–Crippen MR) is 88.6 cm³/mol. The Morgan fingerprint density at radius 2 is 2.22 bits per heavy atom. The van der Waals surface area contributed by atoms with Crippen molar-refractivity contribution in [2.45, 2.75) is 45.8 Å². The van der Waals surface area contributed by atoms with Crippen LogP contribution in [0.4, 0.5) is 9.18 Å². The van der Waals surface area contributed by atoms with E-state index in [1.54, 1.807) is 17.0 Å². The molecule has 23 heavy (non-hydrogen) atoms. The van der Waals surface area contributed by atoms with Crippen LogP contribution in [0, 0.1) is 11.7 Å². The minimum Gasteiger partial charge on any atom is -0.444 e. The number of piperidine rings is 1. The number of benzene rings is 1. The number of hydrogen-bond acceptors (Lipinski definition) is 3. The van der Waals surface area contributed by atoms with E-state index < -0.39 is 5.60 Å². The maximum Gasteiger partial charge on any atom is 0.410 e. The number of rotatable bonds is 4. The first-order valence-corrected chi connectivity index (χ1v) is 8.26. The number of nitrogens with one attached hydrogen (secondary N) is 1. The zero-order valence-corrected chi connectivity index (χ0v) is 14.3. The Balaban J connectivity index is 1.76. The summed E-state index contributed by atoms with van der Waals surface area (Å²) in [4.78, 5) is 13.9. The van der Waals surface area contributed by atoms with Crippen LogP contribution in [0.25, 0.3) is 0 Å². The zero-order valence-electron chi connectivity index (χ0n) is 14.3. The van der Waals surface area contributed by atoms with Crippen LogP contribution in [0.3, 0.4) is 0 Å². The molecule has 1 amide bonds. The molecule has 1 heterocycles. The lowest BCUT2D eigenvalue weighted by Gasteiger charge is -2.34. The fourth-order valence-corrected chi connectivity index (χ4v) is 2.79. The molecule has 1 unspecified atom stereocenters. The molecule has 1 aromatic carbocycles. The molecule has 128 valence electrons. The van der Waals surface area contributed by atoms with Crippen LogP contribution in [-0.4, -0.2) is 36.2 Å². The van der Waals surface area contributed by atoms with Crippen LogP contribution in [0.1, 0.15) is 39.2 Å². The number of nitrogens with zero attached hydrogens (tertiary/aromatic N) is 1. The van der Waals surface area contributed by atoms with E-state index in [0.29, 0.717) is 19.0 Å². The highest BCUT2D eigenvalue weighted by atomic mass is 19.1. The van der Waals surface area contributed by atoms with Crippen molar-refractivity contribution in [3.05, 3.63) is 35.6 Å². The zero-order chi connectivity index (χ0) is 16.9. The van der Waals surface area contributed by atoms with E-state index in [2.05, 4.69) is 5.32 Å². The van der Waals surface area contributed by atoms with E-state index in [0.717, 1.165) is 31.5 Å². The molecule has 4 nitrogen and oxygen atoms in total. The topological polar surface area (TPSA) is 41.6 Å². The predicted octanol–water partition coefficient (Wildman–Crippen LogP) is 3.56. The van der Waals surface area contributed by atoms with Crippen LogP contribution in [0.15, 0.2) is 24.3 Å². The van der Waals surface area contributed by atoms with E-state index in [-0.39, 0.29) is 11.9 Å². The number of likely N-dealkylation sites (tertiary alicyclic amines) is 1. The number of amides is 1. The fraction of sp³-hybridized carbons (Fsp3) is 0.611. The number of ether oxygens (including phenoxy) is 1. The quantitative estimate of drug-likeness (QED) is 0.921. The van der Waals surface area contributed by atoms with Crippen molar-refractivity contribution in [1.29, 1.82) is 0 Å². The summed E-state index contributed by atoms with van der Waals surface area (Å²) >= 11 is 0. The number of carbonyl (C=O) groups is 1. The fourth-order valence-electron chi connectivity index (χ4n) is 2.79. The summed E-state index contributed by atoms with van der Waals surface area (Å²) in [5.74, 6) is 0.197. The Hall–Kier alpha value is -1.62. The van der Waals surface area contributed by atoms with Gasteiger partial charge in [0.15, 0.2) is 0 Å². The Labute approximate surface area is 138 Å². The van der Waals surface area contributed by atoms with Crippen molar-refractivity contribution in [2.75, 3.05) is 19.6 Å². The minimum absolute atomic E-state index is 0.210. The van der Waals surface area contributed by atoms with E-state index in [9.17, 15) is 9.18 Å². The first-order chi connectivity index (χ1) is 10.8. The molecule has 5 heteroatoms. The second-order valence-corrected chi connectivity index (χ2v) is 7.20. The highest BCUT2D eigenvalue weighted by Crippen LogP contribution is 2.19. The van der Waals surface area contributed by atoms with Gasteiger partial charge >= 0.3 is 6.09 Å². The van der Waals surface area contributed by atoms with Crippen LogP contribution in [0.5, 0.6) is 0 Å². The molecule has 0 saturated carbocycles. The number of hydrogen-bond donors (Lipinski definition) is 1. The molecular weight excluding hydrogens is 295 g/mol. The van der Waals surface area contributed by atoms with Gasteiger partial charge in [0.2, 0.25) is 0 Å². The first kappa shape index (κ1) is 17.7. The van der Waals surface area contributed by atoms with Gasteiger partial charge in [-0.2, -0.15) is 0 Å². The largest absolute Gasteiger partial charge is 0.444 e. The lowest BCUT2D eigenvalue weighted by Crippen LogP contribution is -2.45. The van der Waals surface area contributed by atoms with Gasteiger partial charge in [0, 0.05) is 19.6 Å². The molecular formula is C18H27FN2O2. The Kier molecular flexibility index (Phi) is 5.99. The summed E-state index contributed by atoms with van der Waals surface area (Å²) in [6, 6.07) is 6.62. The molecule has 0 bridgehead atoms. The van der Waals surface area contributed by atoms with Crippen molar-refractivity contribution in [2.24, 2.45) is 5.92 Å². The maximum atomic E-state index is 13.1. The molecule has 1 atom stereocenters. The highest BCUT2D eigenvalue weighted by molar-refractivity contribution is 5.68. The first-order valence-electron chi connectivity index (χ1n) is 8.26. The van der Waals surface area contributed by atoms with Crippen LogP contribution >= 0.6 is 0 Å². The average Bonchev–Trinajstić information content (AvgIpc) is 2.46. The number of halogens is 1. The van der Waals surface area contributed by atoms with Gasteiger partial charge in [0.05, 0.1) is 0 Å². The van der Waals surface area contributed by atoms with Crippen molar-refractivity contribution < 1.29 is 13.9 Å². The molecule has 1 fully saturated rings. The second kappa shape index (κ2) is 7.77. The summed E-state index contributed by atoms with van der Waals surface area (Å²) in [6.45, 7) is 8.57. The molecule has 1 aliphatic heterocycles. The molecule has 1 aliphatic rings. The van der Waals surface area contributed by atoms with Gasteiger partial charge in [-0.3, -0.25) is 0 Å². The lowest BCUT2D eigenvalue weighted by atomic mass is 9.98. The summed E-state index contributed by atoms with van der Waals surface area (Å²) in [6.07, 6.45) is 1.86. The van der Waals surface area contributed by atoms with E-state index in [1.807, 2.05) is 26.8 Å².